The molecule has 5 nitrogen and oxygen atoms in total. The van der Waals surface area contributed by atoms with Crippen molar-refractivity contribution in [1.29, 1.82) is 5.26 Å². The third-order valence-corrected chi connectivity index (χ3v) is 2.63. The van der Waals surface area contributed by atoms with Gasteiger partial charge in [-0.1, -0.05) is 6.08 Å². The minimum atomic E-state index is -0.572. The van der Waals surface area contributed by atoms with Crippen LogP contribution in [0.15, 0.2) is 36.9 Å². The maximum absolute atomic E-state index is 11.9. The first-order valence-electron chi connectivity index (χ1n) is 6.68. The van der Waals surface area contributed by atoms with Crippen LogP contribution in [-0.4, -0.2) is 17.7 Å². The van der Waals surface area contributed by atoms with Crippen LogP contribution in [0, 0.1) is 11.3 Å². The van der Waals surface area contributed by atoms with Crippen LogP contribution in [-0.2, 0) is 4.74 Å². The number of nitrogens with zero attached hydrogens (tertiary/aromatic N) is 2. The smallest absolute Gasteiger partial charge is 0.426 e. The molecule has 1 unspecified atom stereocenters. The van der Waals surface area contributed by atoms with E-state index in [2.05, 4.69) is 18.1 Å². The highest BCUT2D eigenvalue weighted by Crippen LogP contribution is 2.17. The fourth-order valence-corrected chi connectivity index (χ4v) is 1.60. The summed E-state index contributed by atoms with van der Waals surface area (Å²) in [5.74, 6) is 0. The van der Waals surface area contributed by atoms with E-state index in [1.807, 2.05) is 6.92 Å². The Morgan fingerprint density at radius 2 is 2.00 bits per heavy atom. The van der Waals surface area contributed by atoms with Crippen molar-refractivity contribution in [3.8, 4) is 6.07 Å². The number of anilines is 1. The molecule has 0 aliphatic carbocycles. The number of nitriles is 1. The van der Waals surface area contributed by atoms with E-state index < -0.39 is 11.7 Å². The van der Waals surface area contributed by atoms with Crippen LogP contribution in [0.4, 0.5) is 10.5 Å². The van der Waals surface area contributed by atoms with Crippen molar-refractivity contribution in [2.75, 3.05) is 5.01 Å². The molecule has 0 spiro atoms. The molecule has 5 heteroatoms. The van der Waals surface area contributed by atoms with Gasteiger partial charge in [0.2, 0.25) is 0 Å². The lowest BCUT2D eigenvalue weighted by Gasteiger charge is -2.31. The van der Waals surface area contributed by atoms with Gasteiger partial charge in [0.25, 0.3) is 0 Å². The van der Waals surface area contributed by atoms with Crippen LogP contribution in [0.2, 0.25) is 0 Å². The summed E-state index contributed by atoms with van der Waals surface area (Å²) >= 11 is 0. The molecule has 0 heterocycles. The Morgan fingerprint density at radius 1 is 1.43 bits per heavy atom. The molecule has 0 aliphatic rings. The molecule has 112 valence electrons. The maximum atomic E-state index is 11.9. The molecule has 1 atom stereocenters. The molecular formula is C16H21N3O2. The fraction of sp³-hybridized carbons (Fsp3) is 0.375. The molecule has 0 radical (unpaired) electrons. The van der Waals surface area contributed by atoms with E-state index >= 15 is 0 Å². The molecule has 1 aromatic rings. The number of carbonyl (C=O) groups is 1. The topological polar surface area (TPSA) is 65.4 Å². The predicted octanol–water partition coefficient (Wildman–Crippen LogP) is 3.38. The first-order chi connectivity index (χ1) is 9.76. The summed E-state index contributed by atoms with van der Waals surface area (Å²) in [6.45, 7) is 11.0. The van der Waals surface area contributed by atoms with Crippen molar-refractivity contribution in [3.63, 3.8) is 0 Å². The Balaban J connectivity index is 2.93. The van der Waals surface area contributed by atoms with Gasteiger partial charge in [-0.05, 0) is 52.0 Å². The number of hydrogen-bond acceptors (Lipinski definition) is 4. The van der Waals surface area contributed by atoms with E-state index in [9.17, 15) is 4.79 Å². The first kappa shape index (κ1) is 16.6. The van der Waals surface area contributed by atoms with Gasteiger partial charge in [0.05, 0.1) is 23.4 Å². The Morgan fingerprint density at radius 3 is 2.43 bits per heavy atom. The van der Waals surface area contributed by atoms with Gasteiger partial charge in [0.15, 0.2) is 0 Å². The second-order valence-electron chi connectivity index (χ2n) is 5.62. The molecule has 1 aromatic carbocycles. The zero-order valence-electron chi connectivity index (χ0n) is 12.9. The second kappa shape index (κ2) is 6.80. The van der Waals surface area contributed by atoms with Gasteiger partial charge in [0, 0.05) is 0 Å². The van der Waals surface area contributed by atoms with Crippen molar-refractivity contribution >= 4 is 11.8 Å². The molecule has 0 aliphatic heterocycles. The third kappa shape index (κ3) is 5.19. The number of hydrogen-bond donors (Lipinski definition) is 1. The SMILES string of the molecule is C=CC(C)N(NC(=O)OC(C)(C)C)c1ccc(C#N)cc1. The van der Waals surface area contributed by atoms with E-state index in [-0.39, 0.29) is 6.04 Å². The molecule has 1 amide bonds. The van der Waals surface area contributed by atoms with Crippen LogP contribution in [0.5, 0.6) is 0 Å². The molecule has 1 N–H and O–H groups in total. The van der Waals surface area contributed by atoms with Gasteiger partial charge in [-0.3, -0.25) is 5.01 Å². The Kier molecular flexibility index (Phi) is 5.37. The molecule has 1 rings (SSSR count). The van der Waals surface area contributed by atoms with Gasteiger partial charge in [-0.2, -0.15) is 5.26 Å². The maximum Gasteiger partial charge on any atom is 0.426 e. The average Bonchev–Trinajstić information content (AvgIpc) is 2.42. The molecule has 0 aromatic heterocycles. The normalized spacial score (nSPS) is 12.0. The molecule has 0 saturated carbocycles. The lowest BCUT2D eigenvalue weighted by Crippen LogP contribution is -2.48. The fourth-order valence-electron chi connectivity index (χ4n) is 1.60. The highest BCUT2D eigenvalue weighted by atomic mass is 16.6. The van der Waals surface area contributed by atoms with Crippen molar-refractivity contribution in [3.05, 3.63) is 42.5 Å². The van der Waals surface area contributed by atoms with Gasteiger partial charge in [-0.15, -0.1) is 6.58 Å². The molecule has 21 heavy (non-hydrogen) atoms. The Labute approximate surface area is 125 Å². The van der Waals surface area contributed by atoms with Crippen LogP contribution < -0.4 is 10.4 Å². The predicted molar refractivity (Wildman–Crippen MR) is 82.7 cm³/mol. The summed E-state index contributed by atoms with van der Waals surface area (Å²) in [6, 6.07) is 8.82. The lowest BCUT2D eigenvalue weighted by molar-refractivity contribution is 0.0518. The highest BCUT2D eigenvalue weighted by molar-refractivity contribution is 5.71. The van der Waals surface area contributed by atoms with E-state index in [0.29, 0.717) is 5.56 Å². The van der Waals surface area contributed by atoms with Crippen molar-refractivity contribution < 1.29 is 9.53 Å². The lowest BCUT2D eigenvalue weighted by atomic mass is 10.2. The van der Waals surface area contributed by atoms with Crippen LogP contribution >= 0.6 is 0 Å². The van der Waals surface area contributed by atoms with Crippen molar-refractivity contribution in [2.24, 2.45) is 0 Å². The van der Waals surface area contributed by atoms with E-state index in [1.165, 1.54) is 0 Å². The van der Waals surface area contributed by atoms with Crippen LogP contribution in [0.1, 0.15) is 33.3 Å². The molecule has 0 bridgehead atoms. The van der Waals surface area contributed by atoms with Gasteiger partial charge in [-0.25, -0.2) is 10.2 Å². The zero-order valence-corrected chi connectivity index (χ0v) is 12.9. The second-order valence-corrected chi connectivity index (χ2v) is 5.62. The average molecular weight is 287 g/mol. The molecule has 0 saturated heterocycles. The third-order valence-electron chi connectivity index (χ3n) is 2.63. The summed E-state index contributed by atoms with van der Waals surface area (Å²) in [5.41, 5.74) is 3.42. The number of ether oxygens (including phenoxy) is 1. The number of amides is 1. The van der Waals surface area contributed by atoms with Gasteiger partial charge >= 0.3 is 6.09 Å². The Bertz CT molecular complexity index is 538. The highest BCUT2D eigenvalue weighted by Gasteiger charge is 2.20. The van der Waals surface area contributed by atoms with Crippen molar-refractivity contribution in [1.82, 2.24) is 5.43 Å². The van der Waals surface area contributed by atoms with Crippen LogP contribution in [0.3, 0.4) is 0 Å². The monoisotopic (exact) mass is 287 g/mol. The van der Waals surface area contributed by atoms with Crippen molar-refractivity contribution in [2.45, 2.75) is 39.3 Å². The number of nitrogens with one attached hydrogen (secondary N) is 1. The van der Waals surface area contributed by atoms with E-state index in [0.717, 1.165) is 5.69 Å². The zero-order chi connectivity index (χ0) is 16.0. The minimum absolute atomic E-state index is 0.134. The Hall–Kier alpha value is -2.48. The van der Waals surface area contributed by atoms with E-state index in [4.69, 9.17) is 10.00 Å². The summed E-state index contributed by atoms with van der Waals surface area (Å²) in [4.78, 5) is 11.9. The van der Waals surface area contributed by atoms with Crippen LogP contribution in [0.25, 0.3) is 0 Å². The number of benzene rings is 1. The largest absolute Gasteiger partial charge is 0.443 e. The number of rotatable bonds is 4. The summed E-state index contributed by atoms with van der Waals surface area (Å²) < 4.78 is 5.25. The quantitative estimate of drug-likeness (QED) is 0.681. The standard InChI is InChI=1S/C16H21N3O2/c1-6-12(2)19(18-15(20)21-16(3,4)5)14-9-7-13(11-17)8-10-14/h6-10,12H,1H2,2-5H3,(H,18,20). The van der Waals surface area contributed by atoms with Gasteiger partial charge < -0.3 is 4.74 Å². The number of hydrazine groups is 1. The minimum Gasteiger partial charge on any atom is -0.443 e. The van der Waals surface area contributed by atoms with Gasteiger partial charge in [0.1, 0.15) is 5.60 Å². The summed E-state index contributed by atoms with van der Waals surface area (Å²) in [5, 5.41) is 10.5. The summed E-state index contributed by atoms with van der Waals surface area (Å²) in [6.07, 6.45) is 1.16. The molecule has 0 fully saturated rings. The molecular weight excluding hydrogens is 266 g/mol. The summed E-state index contributed by atoms with van der Waals surface area (Å²) in [7, 11) is 0. The number of carbonyl (C=O) groups excluding carboxylic acids is 1. The first-order valence-corrected chi connectivity index (χ1v) is 6.68. The van der Waals surface area contributed by atoms with E-state index in [1.54, 1.807) is 56.1 Å².